The minimum atomic E-state index is -0.213. The standard InChI is InChI=1S/C22H29N5O3/c1-3-17-13-30-12-10-27(17)21-18-14-29-11-9-19(18)25-20(26-21)15-5-7-16(8-6-15)24-22(28)23-4-2/h5-8,17H,3-4,9-14H2,1-2H3,(H2,23,24,28)/t17-/m0/s1. The lowest BCUT2D eigenvalue weighted by atomic mass is 10.1. The van der Waals surface area contributed by atoms with E-state index in [1.54, 1.807) is 0 Å². The lowest BCUT2D eigenvalue weighted by molar-refractivity contribution is 0.0901. The Labute approximate surface area is 177 Å². The summed E-state index contributed by atoms with van der Waals surface area (Å²) in [6.07, 6.45) is 1.78. The highest BCUT2D eigenvalue weighted by molar-refractivity contribution is 5.89. The monoisotopic (exact) mass is 411 g/mol. The summed E-state index contributed by atoms with van der Waals surface area (Å²) < 4.78 is 11.4. The zero-order valence-corrected chi connectivity index (χ0v) is 17.6. The molecule has 2 N–H and O–H groups in total. The van der Waals surface area contributed by atoms with Gasteiger partial charge in [-0.1, -0.05) is 6.92 Å². The quantitative estimate of drug-likeness (QED) is 0.786. The summed E-state index contributed by atoms with van der Waals surface area (Å²) in [6.45, 7) is 8.11. The van der Waals surface area contributed by atoms with Crippen LogP contribution in [0.5, 0.6) is 0 Å². The van der Waals surface area contributed by atoms with E-state index in [9.17, 15) is 4.79 Å². The van der Waals surface area contributed by atoms with Gasteiger partial charge < -0.3 is 25.0 Å². The third kappa shape index (κ3) is 4.39. The van der Waals surface area contributed by atoms with Crippen molar-refractivity contribution >= 4 is 17.5 Å². The summed E-state index contributed by atoms with van der Waals surface area (Å²) in [4.78, 5) is 23.9. The van der Waals surface area contributed by atoms with Crippen molar-refractivity contribution in [2.45, 2.75) is 39.3 Å². The van der Waals surface area contributed by atoms with Gasteiger partial charge in [0.2, 0.25) is 0 Å². The van der Waals surface area contributed by atoms with Crippen LogP contribution in [0.3, 0.4) is 0 Å². The van der Waals surface area contributed by atoms with Crippen LogP contribution in [0, 0.1) is 0 Å². The van der Waals surface area contributed by atoms with E-state index in [0.29, 0.717) is 44.8 Å². The van der Waals surface area contributed by atoms with Crippen LogP contribution in [-0.2, 0) is 22.5 Å². The summed E-state index contributed by atoms with van der Waals surface area (Å²) in [5, 5.41) is 5.54. The minimum Gasteiger partial charge on any atom is -0.377 e. The number of nitrogens with zero attached hydrogens (tertiary/aromatic N) is 3. The molecule has 1 atom stereocenters. The van der Waals surface area contributed by atoms with Crippen molar-refractivity contribution in [3.8, 4) is 11.4 Å². The Morgan fingerprint density at radius 3 is 2.77 bits per heavy atom. The second kappa shape index (κ2) is 9.40. The van der Waals surface area contributed by atoms with Crippen molar-refractivity contribution in [2.24, 2.45) is 0 Å². The molecule has 3 heterocycles. The average molecular weight is 412 g/mol. The maximum absolute atomic E-state index is 11.7. The fraction of sp³-hybridized carbons (Fsp3) is 0.500. The largest absolute Gasteiger partial charge is 0.377 e. The van der Waals surface area contributed by atoms with Crippen LogP contribution in [0.2, 0.25) is 0 Å². The molecule has 1 fully saturated rings. The summed E-state index contributed by atoms with van der Waals surface area (Å²) in [7, 11) is 0. The van der Waals surface area contributed by atoms with Crippen LogP contribution in [0.15, 0.2) is 24.3 Å². The molecule has 4 rings (SSSR count). The molecule has 1 aromatic heterocycles. The number of carbonyl (C=O) groups excluding carboxylic acids is 1. The molecule has 0 aliphatic carbocycles. The van der Waals surface area contributed by atoms with Gasteiger partial charge in [0.25, 0.3) is 0 Å². The highest BCUT2D eigenvalue weighted by Gasteiger charge is 2.28. The van der Waals surface area contributed by atoms with Gasteiger partial charge in [-0.25, -0.2) is 14.8 Å². The van der Waals surface area contributed by atoms with E-state index in [0.717, 1.165) is 47.7 Å². The van der Waals surface area contributed by atoms with Crippen molar-refractivity contribution < 1.29 is 14.3 Å². The zero-order chi connectivity index (χ0) is 20.9. The molecule has 0 unspecified atom stereocenters. The highest BCUT2D eigenvalue weighted by Crippen LogP contribution is 2.31. The molecule has 2 aliphatic rings. The van der Waals surface area contributed by atoms with Crippen molar-refractivity contribution in [3.05, 3.63) is 35.5 Å². The third-order valence-corrected chi connectivity index (χ3v) is 5.51. The first kappa shape index (κ1) is 20.6. The number of hydrogen-bond acceptors (Lipinski definition) is 6. The first-order chi connectivity index (χ1) is 14.7. The SMILES string of the molecule is CCNC(=O)Nc1ccc(-c2nc3c(c(N4CCOC[C@@H]4CC)n2)COCC3)cc1. The van der Waals surface area contributed by atoms with Gasteiger partial charge in [-0.05, 0) is 37.6 Å². The number of anilines is 2. The van der Waals surface area contributed by atoms with Crippen LogP contribution in [-0.4, -0.2) is 55.0 Å². The van der Waals surface area contributed by atoms with Crippen molar-refractivity contribution in [1.29, 1.82) is 0 Å². The summed E-state index contributed by atoms with van der Waals surface area (Å²) >= 11 is 0. The molecule has 0 spiro atoms. The lowest BCUT2D eigenvalue weighted by Crippen LogP contribution is -2.46. The van der Waals surface area contributed by atoms with E-state index in [-0.39, 0.29) is 6.03 Å². The Morgan fingerprint density at radius 1 is 1.17 bits per heavy atom. The molecule has 160 valence electrons. The van der Waals surface area contributed by atoms with Crippen LogP contribution in [0.1, 0.15) is 31.5 Å². The number of aromatic nitrogens is 2. The van der Waals surface area contributed by atoms with E-state index in [1.807, 2.05) is 31.2 Å². The fourth-order valence-electron chi connectivity index (χ4n) is 3.89. The smallest absolute Gasteiger partial charge is 0.319 e. The molecule has 2 amide bonds. The van der Waals surface area contributed by atoms with Crippen LogP contribution in [0.25, 0.3) is 11.4 Å². The maximum atomic E-state index is 11.7. The van der Waals surface area contributed by atoms with Gasteiger partial charge in [0, 0.05) is 36.3 Å². The van der Waals surface area contributed by atoms with E-state index < -0.39 is 0 Å². The summed E-state index contributed by atoms with van der Waals surface area (Å²) in [5.41, 5.74) is 3.82. The molecule has 0 bridgehead atoms. The topological polar surface area (TPSA) is 88.6 Å². The molecule has 2 aromatic rings. The molecular weight excluding hydrogens is 382 g/mol. The number of nitrogens with one attached hydrogen (secondary N) is 2. The van der Waals surface area contributed by atoms with Crippen LogP contribution < -0.4 is 15.5 Å². The number of hydrogen-bond donors (Lipinski definition) is 2. The van der Waals surface area contributed by atoms with E-state index >= 15 is 0 Å². The minimum absolute atomic E-state index is 0.213. The van der Waals surface area contributed by atoms with E-state index in [4.69, 9.17) is 19.4 Å². The van der Waals surface area contributed by atoms with Gasteiger partial charge in [0.15, 0.2) is 5.82 Å². The molecule has 30 heavy (non-hydrogen) atoms. The Balaban J connectivity index is 1.66. The number of morpholine rings is 1. The Hall–Kier alpha value is -2.71. The first-order valence-electron chi connectivity index (χ1n) is 10.7. The summed E-state index contributed by atoms with van der Waals surface area (Å²) in [6, 6.07) is 7.73. The van der Waals surface area contributed by atoms with Gasteiger partial charge >= 0.3 is 6.03 Å². The predicted octanol–water partition coefficient (Wildman–Crippen LogP) is 2.97. The molecule has 0 radical (unpaired) electrons. The van der Waals surface area contributed by atoms with E-state index in [1.165, 1.54) is 0 Å². The number of ether oxygens (including phenoxy) is 2. The molecule has 1 aromatic carbocycles. The first-order valence-corrected chi connectivity index (χ1v) is 10.7. The number of fused-ring (bicyclic) bond motifs is 1. The molecule has 0 saturated carbocycles. The Bertz CT molecular complexity index is 887. The second-order valence-electron chi connectivity index (χ2n) is 7.49. The number of amides is 2. The van der Waals surface area contributed by atoms with Crippen molar-refractivity contribution in [2.75, 3.05) is 43.1 Å². The second-order valence-corrected chi connectivity index (χ2v) is 7.49. The van der Waals surface area contributed by atoms with Gasteiger partial charge in [0.05, 0.1) is 38.2 Å². The number of carbonyl (C=O) groups is 1. The normalized spacial score (nSPS) is 18.6. The van der Waals surface area contributed by atoms with E-state index in [2.05, 4.69) is 22.5 Å². The zero-order valence-electron chi connectivity index (χ0n) is 17.6. The molecular formula is C22H29N5O3. The van der Waals surface area contributed by atoms with Crippen LogP contribution >= 0.6 is 0 Å². The lowest BCUT2D eigenvalue weighted by Gasteiger charge is -2.38. The van der Waals surface area contributed by atoms with Crippen molar-refractivity contribution in [1.82, 2.24) is 15.3 Å². The van der Waals surface area contributed by atoms with Gasteiger partial charge in [-0.15, -0.1) is 0 Å². The van der Waals surface area contributed by atoms with Gasteiger partial charge in [0.1, 0.15) is 5.82 Å². The Morgan fingerprint density at radius 2 is 2.00 bits per heavy atom. The highest BCUT2D eigenvalue weighted by atomic mass is 16.5. The molecule has 1 saturated heterocycles. The summed E-state index contributed by atoms with van der Waals surface area (Å²) in [5.74, 6) is 1.67. The maximum Gasteiger partial charge on any atom is 0.319 e. The number of urea groups is 1. The Kier molecular flexibility index (Phi) is 6.44. The van der Waals surface area contributed by atoms with Crippen molar-refractivity contribution in [3.63, 3.8) is 0 Å². The molecule has 8 heteroatoms. The fourth-order valence-corrected chi connectivity index (χ4v) is 3.89. The van der Waals surface area contributed by atoms with Crippen LogP contribution in [0.4, 0.5) is 16.3 Å². The molecule has 2 aliphatic heterocycles. The van der Waals surface area contributed by atoms with Gasteiger partial charge in [-0.3, -0.25) is 0 Å². The molecule has 8 nitrogen and oxygen atoms in total. The number of benzene rings is 1. The number of rotatable bonds is 5. The third-order valence-electron chi connectivity index (χ3n) is 5.51. The predicted molar refractivity (Wildman–Crippen MR) is 116 cm³/mol. The van der Waals surface area contributed by atoms with Gasteiger partial charge in [-0.2, -0.15) is 0 Å². The average Bonchev–Trinajstić information content (AvgIpc) is 2.79.